The summed E-state index contributed by atoms with van der Waals surface area (Å²) in [6, 6.07) is -0.287. The van der Waals surface area contributed by atoms with Gasteiger partial charge in [0.1, 0.15) is 0 Å². The normalized spacial score (nSPS) is 25.5. The summed E-state index contributed by atoms with van der Waals surface area (Å²) < 4.78 is 12.1. The molecule has 1 fully saturated rings. The van der Waals surface area contributed by atoms with Crippen molar-refractivity contribution >= 4 is 5.91 Å². The number of hydrogen-bond donors (Lipinski definition) is 1. The number of carbonyl (C=O) groups is 1. The minimum atomic E-state index is -0.287. The molecule has 1 saturated heterocycles. The summed E-state index contributed by atoms with van der Waals surface area (Å²) in [6.45, 7) is 1.14. The molecule has 1 N–H and O–H groups in total. The van der Waals surface area contributed by atoms with Crippen molar-refractivity contribution in [2.45, 2.75) is 18.9 Å². The van der Waals surface area contributed by atoms with Gasteiger partial charge in [0.25, 0.3) is 0 Å². The van der Waals surface area contributed by atoms with Crippen LogP contribution in [-0.2, 0) is 4.79 Å². The Kier molecular flexibility index (Phi) is 2.82. The lowest BCUT2D eigenvalue weighted by Gasteiger charge is -2.17. The molecule has 0 aromatic carbocycles. The second-order valence-electron chi connectivity index (χ2n) is 2.61. The second kappa shape index (κ2) is 3.67. The third-order valence-corrected chi connectivity index (χ3v) is 1.97. The zero-order valence-electron chi connectivity index (χ0n) is 6.51. The Morgan fingerprint density at radius 2 is 2.55 bits per heavy atom. The van der Waals surface area contributed by atoms with Crippen molar-refractivity contribution in [1.29, 1.82) is 0 Å². The van der Waals surface area contributed by atoms with Crippen molar-refractivity contribution in [2.24, 2.45) is 0 Å². The maximum absolute atomic E-state index is 12.1. The molecule has 1 aliphatic rings. The standard InChI is InChI=1S/C7H12FN2O/c1-9-7(11)6-3-2-4-10(6)5-8/h5-6H,2-4H2,1H3,(H,9,11). The lowest BCUT2D eigenvalue weighted by Crippen LogP contribution is -2.39. The second-order valence-corrected chi connectivity index (χ2v) is 2.61. The zero-order chi connectivity index (χ0) is 8.27. The van der Waals surface area contributed by atoms with Crippen LogP contribution in [0.15, 0.2) is 0 Å². The van der Waals surface area contributed by atoms with E-state index in [1.807, 2.05) is 0 Å². The van der Waals surface area contributed by atoms with Crippen molar-refractivity contribution in [3.05, 3.63) is 6.80 Å². The molecule has 1 amide bonds. The van der Waals surface area contributed by atoms with Crippen LogP contribution in [0.1, 0.15) is 12.8 Å². The number of carbonyl (C=O) groups excluding carboxylic acids is 1. The SMILES string of the molecule is CNC(=O)C1CCCN1[CH]F. The molecule has 1 atom stereocenters. The molecule has 1 aliphatic heterocycles. The van der Waals surface area contributed by atoms with Crippen molar-refractivity contribution in [3.63, 3.8) is 0 Å². The molecule has 0 aromatic rings. The third-order valence-electron chi connectivity index (χ3n) is 1.97. The number of nitrogens with zero attached hydrogens (tertiary/aromatic N) is 1. The van der Waals surface area contributed by atoms with Crippen LogP contribution in [0.5, 0.6) is 0 Å². The third kappa shape index (κ3) is 1.68. The van der Waals surface area contributed by atoms with Gasteiger partial charge in [-0.3, -0.25) is 9.69 Å². The Morgan fingerprint density at radius 3 is 3.09 bits per heavy atom. The molecule has 3 nitrogen and oxygen atoms in total. The summed E-state index contributed by atoms with van der Waals surface area (Å²) in [7, 11) is 1.57. The Labute approximate surface area is 65.6 Å². The highest BCUT2D eigenvalue weighted by molar-refractivity contribution is 5.81. The van der Waals surface area contributed by atoms with Gasteiger partial charge < -0.3 is 5.32 Å². The maximum Gasteiger partial charge on any atom is 0.237 e. The summed E-state index contributed by atoms with van der Waals surface area (Å²) in [5.41, 5.74) is 0. The average molecular weight is 159 g/mol. The van der Waals surface area contributed by atoms with E-state index in [1.165, 1.54) is 4.90 Å². The first-order chi connectivity index (χ1) is 5.29. The predicted octanol–water partition coefficient (Wildman–Crippen LogP) is 0.286. The van der Waals surface area contributed by atoms with Crippen LogP contribution in [0.3, 0.4) is 0 Å². The lowest BCUT2D eigenvalue weighted by molar-refractivity contribution is -0.124. The van der Waals surface area contributed by atoms with Gasteiger partial charge in [0.05, 0.1) is 6.04 Å². The molecule has 0 saturated carbocycles. The van der Waals surface area contributed by atoms with E-state index >= 15 is 0 Å². The fraction of sp³-hybridized carbons (Fsp3) is 0.714. The van der Waals surface area contributed by atoms with Gasteiger partial charge in [-0.1, -0.05) is 0 Å². The van der Waals surface area contributed by atoms with E-state index < -0.39 is 0 Å². The Bertz CT molecular complexity index is 151. The monoisotopic (exact) mass is 159 g/mol. The molecule has 0 spiro atoms. The van der Waals surface area contributed by atoms with Crippen LogP contribution in [0, 0.1) is 6.80 Å². The molecular weight excluding hydrogens is 147 g/mol. The highest BCUT2D eigenvalue weighted by Gasteiger charge is 2.29. The average Bonchev–Trinajstić information content (AvgIpc) is 2.50. The van der Waals surface area contributed by atoms with Gasteiger partial charge in [-0.05, 0) is 12.8 Å². The number of likely N-dealkylation sites (tertiary alicyclic amines) is 1. The summed E-state index contributed by atoms with van der Waals surface area (Å²) in [5, 5.41) is 2.50. The highest BCUT2D eigenvalue weighted by Crippen LogP contribution is 2.18. The van der Waals surface area contributed by atoms with Gasteiger partial charge in [0.15, 0.2) is 6.80 Å². The summed E-state index contributed by atoms with van der Waals surface area (Å²) in [4.78, 5) is 12.5. The van der Waals surface area contributed by atoms with E-state index in [0.717, 1.165) is 12.8 Å². The smallest absolute Gasteiger partial charge is 0.237 e. The molecule has 0 bridgehead atoms. The van der Waals surface area contributed by atoms with E-state index in [1.54, 1.807) is 7.05 Å². The molecule has 0 aromatic heterocycles. The number of amides is 1. The van der Waals surface area contributed by atoms with Crippen LogP contribution in [0.4, 0.5) is 4.39 Å². The predicted molar refractivity (Wildman–Crippen MR) is 39.2 cm³/mol. The summed E-state index contributed by atoms with van der Waals surface area (Å²) >= 11 is 0. The van der Waals surface area contributed by atoms with E-state index in [-0.39, 0.29) is 11.9 Å². The van der Waals surface area contributed by atoms with Crippen LogP contribution >= 0.6 is 0 Å². The molecule has 63 valence electrons. The van der Waals surface area contributed by atoms with Crippen LogP contribution in [-0.4, -0.2) is 30.4 Å². The van der Waals surface area contributed by atoms with E-state index in [4.69, 9.17) is 0 Å². The number of likely N-dealkylation sites (N-methyl/N-ethyl adjacent to an activating group) is 1. The van der Waals surface area contributed by atoms with Gasteiger partial charge in [0, 0.05) is 13.6 Å². The summed E-state index contributed by atoms with van der Waals surface area (Å²) in [6.07, 6.45) is 1.64. The topological polar surface area (TPSA) is 32.3 Å². The molecule has 1 rings (SSSR count). The first kappa shape index (κ1) is 8.46. The van der Waals surface area contributed by atoms with Crippen molar-refractivity contribution in [1.82, 2.24) is 10.2 Å². The van der Waals surface area contributed by atoms with Crippen LogP contribution in [0.2, 0.25) is 0 Å². The van der Waals surface area contributed by atoms with Crippen LogP contribution in [0.25, 0.3) is 0 Å². The lowest BCUT2D eigenvalue weighted by atomic mass is 10.2. The Hall–Kier alpha value is -0.640. The number of halogens is 1. The number of rotatable bonds is 2. The molecule has 0 aliphatic carbocycles. The Morgan fingerprint density at radius 1 is 1.82 bits per heavy atom. The van der Waals surface area contributed by atoms with Gasteiger partial charge in [-0.15, -0.1) is 0 Å². The molecule has 1 radical (unpaired) electrons. The molecular formula is C7H12FN2O. The Balaban J connectivity index is 2.49. The van der Waals surface area contributed by atoms with Gasteiger partial charge in [-0.25, -0.2) is 4.39 Å². The maximum atomic E-state index is 12.1. The number of nitrogens with one attached hydrogen (secondary N) is 1. The quantitative estimate of drug-likeness (QED) is 0.587. The van der Waals surface area contributed by atoms with Gasteiger partial charge >= 0.3 is 0 Å². The first-order valence-electron chi connectivity index (χ1n) is 3.70. The van der Waals surface area contributed by atoms with Gasteiger partial charge in [0.2, 0.25) is 5.91 Å². The van der Waals surface area contributed by atoms with Crippen molar-refractivity contribution in [3.8, 4) is 0 Å². The minimum absolute atomic E-state index is 0.101. The van der Waals surface area contributed by atoms with Crippen molar-refractivity contribution in [2.75, 3.05) is 13.6 Å². The molecule has 11 heavy (non-hydrogen) atoms. The van der Waals surface area contributed by atoms with Crippen LogP contribution < -0.4 is 5.32 Å². The number of hydrogen-bond acceptors (Lipinski definition) is 2. The van der Waals surface area contributed by atoms with Crippen molar-refractivity contribution < 1.29 is 9.18 Å². The van der Waals surface area contributed by atoms with E-state index in [2.05, 4.69) is 5.32 Å². The molecule has 4 heteroatoms. The highest BCUT2D eigenvalue weighted by atomic mass is 19.1. The van der Waals surface area contributed by atoms with Gasteiger partial charge in [-0.2, -0.15) is 0 Å². The largest absolute Gasteiger partial charge is 0.358 e. The molecule has 1 heterocycles. The molecule has 1 unspecified atom stereocenters. The van der Waals surface area contributed by atoms with E-state index in [9.17, 15) is 9.18 Å². The first-order valence-corrected chi connectivity index (χ1v) is 3.70. The fourth-order valence-corrected chi connectivity index (χ4v) is 1.35. The summed E-state index contributed by atoms with van der Waals surface area (Å²) in [5.74, 6) is -0.101. The van der Waals surface area contributed by atoms with E-state index in [0.29, 0.717) is 13.3 Å². The fourth-order valence-electron chi connectivity index (χ4n) is 1.35. The minimum Gasteiger partial charge on any atom is -0.358 e. The zero-order valence-corrected chi connectivity index (χ0v) is 6.51.